The van der Waals surface area contributed by atoms with Gasteiger partial charge in [-0.15, -0.1) is 0 Å². The predicted octanol–water partition coefficient (Wildman–Crippen LogP) is 12.0. The van der Waals surface area contributed by atoms with E-state index < -0.39 is 37.4 Å². The molecule has 0 aliphatic heterocycles. The van der Waals surface area contributed by atoms with Gasteiger partial charge in [-0.25, -0.2) is 4.98 Å². The molecule has 9 aromatic rings. The van der Waals surface area contributed by atoms with Crippen LogP contribution in [0.2, 0.25) is 0 Å². The Bertz CT molecular complexity index is 3170. The van der Waals surface area contributed by atoms with Gasteiger partial charge >= 0.3 is 0 Å². The molecule has 2 nitrogen and oxygen atoms in total. The van der Waals surface area contributed by atoms with E-state index in [0.717, 1.165) is 10.8 Å². The molecule has 0 aliphatic carbocycles. The lowest BCUT2D eigenvalue weighted by molar-refractivity contribution is 0.909. The van der Waals surface area contributed by atoms with Gasteiger partial charge in [-0.1, -0.05) is 152 Å². The van der Waals surface area contributed by atoms with Crippen molar-refractivity contribution in [3.63, 3.8) is 0 Å². The second-order valence-corrected chi connectivity index (χ2v) is 11.3. The summed E-state index contributed by atoms with van der Waals surface area (Å²) in [6.45, 7) is -3.04. The summed E-state index contributed by atoms with van der Waals surface area (Å²) in [6.07, 6.45) is -2.83. The Morgan fingerprint density at radius 1 is 0.574 bits per heavy atom. The summed E-state index contributed by atoms with van der Waals surface area (Å²) in [5, 5.41) is 1.99. The Balaban J connectivity index is 1.36. The van der Waals surface area contributed by atoms with Crippen molar-refractivity contribution in [1.29, 1.82) is 0 Å². The maximum atomic E-state index is 9.34. The van der Waals surface area contributed by atoms with Crippen molar-refractivity contribution in [2.75, 3.05) is 0 Å². The lowest BCUT2D eigenvalue weighted by atomic mass is 9.84. The molecule has 0 fully saturated rings. The summed E-state index contributed by atoms with van der Waals surface area (Å²) < 4.78 is 116. The Kier molecular flexibility index (Phi) is 4.04. The molecule has 2 heteroatoms. The average molecular weight is 614 g/mol. The van der Waals surface area contributed by atoms with Crippen LogP contribution in [0.25, 0.3) is 82.4 Å². The molecule has 0 bridgehead atoms. The molecule has 0 N–H and O–H groups in total. The monoisotopic (exact) mass is 613 g/mol. The first-order valence-corrected chi connectivity index (χ1v) is 15.2. The van der Waals surface area contributed by atoms with Gasteiger partial charge in [-0.2, -0.15) is 0 Å². The lowest BCUT2D eigenvalue weighted by Gasteiger charge is -2.19. The van der Waals surface area contributed by atoms with Crippen LogP contribution in [0.15, 0.2) is 164 Å². The summed E-state index contributed by atoms with van der Waals surface area (Å²) in [5.74, 6) is -0.291. The second-order valence-electron chi connectivity index (χ2n) is 11.3. The van der Waals surface area contributed by atoms with E-state index >= 15 is 0 Å². The summed E-state index contributed by atoms with van der Waals surface area (Å²) in [7, 11) is 0. The molecular weight excluding hydrogens is 569 g/mol. The van der Waals surface area contributed by atoms with Crippen molar-refractivity contribution in [3.05, 3.63) is 169 Å². The number of nitrogens with zero attached hydrogens (tertiary/aromatic N) is 2. The fraction of sp³-hybridized carbons (Fsp3) is 0.0444. The van der Waals surface area contributed by atoms with Crippen molar-refractivity contribution in [3.8, 4) is 39.1 Å². The quantitative estimate of drug-likeness (QED) is 0.177. The van der Waals surface area contributed by atoms with Crippen LogP contribution in [-0.4, -0.2) is 9.55 Å². The zero-order valence-corrected chi connectivity index (χ0v) is 24.9. The van der Waals surface area contributed by atoms with Gasteiger partial charge in [0.15, 0.2) is 0 Å². The number of rotatable bonds is 5. The highest BCUT2D eigenvalue weighted by molar-refractivity contribution is 6.23. The summed E-state index contributed by atoms with van der Waals surface area (Å²) >= 11 is 0. The number of aryl methyl sites for hydroxylation is 1. The number of para-hydroxylation sites is 3. The molecule has 0 aliphatic rings. The van der Waals surface area contributed by atoms with Crippen LogP contribution in [0, 0.1) is 0 Å². The maximum absolute atomic E-state index is 9.34. The first kappa shape index (κ1) is 17.1. The van der Waals surface area contributed by atoms with Gasteiger partial charge in [0.1, 0.15) is 5.82 Å². The van der Waals surface area contributed by atoms with Gasteiger partial charge in [0.25, 0.3) is 0 Å². The fourth-order valence-electron chi connectivity index (χ4n) is 6.71. The molecule has 0 saturated heterocycles. The first-order valence-electron chi connectivity index (χ1n) is 21.7. The number of hydrogen-bond acceptors (Lipinski definition) is 1. The van der Waals surface area contributed by atoms with Crippen LogP contribution in [0.3, 0.4) is 0 Å². The van der Waals surface area contributed by atoms with Gasteiger partial charge in [0, 0.05) is 18.8 Å². The Labute approximate surface area is 292 Å². The number of fused-ring (bicyclic) bond motifs is 4. The highest BCUT2D eigenvalue weighted by Gasteiger charge is 2.19. The molecule has 1 heterocycles. The average Bonchev–Trinajstić information content (AvgIpc) is 3.65. The first-order chi connectivity index (χ1) is 28.5. The van der Waals surface area contributed by atoms with E-state index in [0.29, 0.717) is 39.0 Å². The van der Waals surface area contributed by atoms with Gasteiger partial charge in [0.2, 0.25) is 0 Å². The highest BCUT2D eigenvalue weighted by atomic mass is 15.1. The molecule has 8 aromatic carbocycles. The molecule has 9 rings (SSSR count). The van der Waals surface area contributed by atoms with Crippen molar-refractivity contribution in [2.45, 2.75) is 13.2 Å². The minimum absolute atomic E-state index is 0.0936. The van der Waals surface area contributed by atoms with Gasteiger partial charge < -0.3 is 0 Å². The number of hydrogen-bond donors (Lipinski definition) is 0. The zero-order valence-electron chi connectivity index (χ0n) is 37.9. The van der Waals surface area contributed by atoms with E-state index in [1.54, 1.807) is 72.8 Å². The van der Waals surface area contributed by atoms with E-state index in [9.17, 15) is 5.48 Å². The lowest BCUT2D eigenvalue weighted by Crippen LogP contribution is -2.02. The topological polar surface area (TPSA) is 17.8 Å². The van der Waals surface area contributed by atoms with Crippen molar-refractivity contribution < 1.29 is 17.8 Å². The van der Waals surface area contributed by atoms with E-state index in [1.165, 1.54) is 4.57 Å². The third-order valence-electron chi connectivity index (χ3n) is 8.74. The normalized spacial score (nSPS) is 16.1. The Morgan fingerprint density at radius 3 is 1.94 bits per heavy atom. The maximum Gasteiger partial charge on any atom is 0.114 e. The van der Waals surface area contributed by atoms with Crippen molar-refractivity contribution in [2.24, 2.45) is 0 Å². The van der Waals surface area contributed by atoms with Gasteiger partial charge in [-0.05, 0) is 78.3 Å². The molecule has 1 aromatic heterocycles. The van der Waals surface area contributed by atoms with E-state index in [4.69, 9.17) is 12.3 Å². The number of aromatic nitrogens is 2. The van der Waals surface area contributed by atoms with Gasteiger partial charge in [-0.3, -0.25) is 4.57 Å². The minimum Gasteiger partial charge on any atom is -0.296 e. The number of benzene rings is 8. The summed E-state index contributed by atoms with van der Waals surface area (Å²) in [4.78, 5) is 4.48. The third-order valence-corrected chi connectivity index (χ3v) is 8.74. The van der Waals surface area contributed by atoms with E-state index in [1.807, 2.05) is 42.5 Å². The smallest absolute Gasteiger partial charge is 0.114 e. The number of imidazole rings is 1. The Hall–Kier alpha value is -5.99. The molecule has 0 unspecified atom stereocenters. The fourth-order valence-corrected chi connectivity index (χ4v) is 6.71. The van der Waals surface area contributed by atoms with Crippen LogP contribution in [-0.2, 0) is 6.37 Å². The van der Waals surface area contributed by atoms with Crippen molar-refractivity contribution >= 4 is 43.4 Å². The summed E-state index contributed by atoms with van der Waals surface area (Å²) in [5.41, 5.74) is 4.02. The standard InChI is InChI=1S/C45H32N2/c1-2-43-46-40-23-10-12-25-42(40)47(43)41-24-11-9-17-34(41)31-26-28-32(29-27-31)44-36-18-5-7-20-38(36)45(39-21-8-6-19-37(39)44)35-22-13-15-30-14-3-4-16-33(30)35/h3-29H,2H2,1H3/i1D3,2D2,5D,6D,7D,8D,18D,19D,20D,21D. The highest BCUT2D eigenvalue weighted by Crippen LogP contribution is 2.45. The zero-order chi connectivity index (χ0) is 42.6. The van der Waals surface area contributed by atoms with Crippen molar-refractivity contribution in [1.82, 2.24) is 9.55 Å². The summed E-state index contributed by atoms with van der Waals surface area (Å²) in [6, 6.07) is 30.6. The molecule has 222 valence electrons. The van der Waals surface area contributed by atoms with Crippen LogP contribution in [0.4, 0.5) is 0 Å². The van der Waals surface area contributed by atoms with Crippen LogP contribution >= 0.6 is 0 Å². The van der Waals surface area contributed by atoms with E-state index in [-0.39, 0.29) is 62.7 Å². The minimum atomic E-state index is -3.04. The molecule has 0 saturated carbocycles. The van der Waals surface area contributed by atoms with Crippen LogP contribution < -0.4 is 0 Å². The SMILES string of the molecule is [2H]c1c([2H])c([2H])c2c(-c3cccc4ccccc34)c3c([2H])c([2H])c([2H])c([2H])c3c(-c3ccc(-c4ccccc4-n4c(C([2H])([2H])C([2H])([2H])[2H])nc5ccccc54)cc3)c2c1[2H]. The molecule has 0 spiro atoms. The van der Waals surface area contributed by atoms with Crippen LogP contribution in [0.1, 0.15) is 30.5 Å². The molecular formula is C45H32N2. The Morgan fingerprint density at radius 2 is 1.17 bits per heavy atom. The van der Waals surface area contributed by atoms with Gasteiger partial charge in [0.05, 0.1) is 27.7 Å². The third kappa shape index (κ3) is 4.37. The molecule has 0 radical (unpaired) electrons. The largest absolute Gasteiger partial charge is 0.296 e. The van der Waals surface area contributed by atoms with Crippen LogP contribution in [0.5, 0.6) is 0 Å². The molecule has 0 amide bonds. The second kappa shape index (κ2) is 11.1. The predicted molar refractivity (Wildman–Crippen MR) is 199 cm³/mol. The van der Waals surface area contributed by atoms with E-state index in [2.05, 4.69) is 4.98 Å². The molecule has 0 atom stereocenters. The molecule has 47 heavy (non-hydrogen) atoms.